The van der Waals surface area contributed by atoms with Crippen LogP contribution in [0.5, 0.6) is 0 Å². The van der Waals surface area contributed by atoms with E-state index in [0.717, 1.165) is 5.56 Å². The fraction of sp³-hybridized carbons (Fsp3) is 0.333. The number of rotatable bonds is 7. The van der Waals surface area contributed by atoms with Crippen molar-refractivity contribution in [2.24, 2.45) is 0 Å². The third kappa shape index (κ3) is 5.63. The minimum absolute atomic E-state index is 0.160. The standard InChI is InChI=1S/C18H20N4O3S/c1-11-8-16(22-25-11)21-18(24)13(3)26-10-17(23)20-12(2)15-6-4-14(9-19)5-7-15/h4-8,12-13H,10H2,1-3H3,(H,20,23)(H,21,22,24). The number of nitrogens with one attached hydrogen (secondary N) is 2. The van der Waals surface area contributed by atoms with Gasteiger partial charge < -0.3 is 15.2 Å². The van der Waals surface area contributed by atoms with Crippen molar-refractivity contribution in [3.8, 4) is 6.07 Å². The van der Waals surface area contributed by atoms with Crippen LogP contribution in [-0.2, 0) is 9.59 Å². The molecule has 0 aliphatic heterocycles. The Morgan fingerprint density at radius 3 is 2.58 bits per heavy atom. The van der Waals surface area contributed by atoms with Gasteiger partial charge in [0.25, 0.3) is 0 Å². The lowest BCUT2D eigenvalue weighted by Crippen LogP contribution is -2.30. The summed E-state index contributed by atoms with van der Waals surface area (Å²) >= 11 is 1.24. The van der Waals surface area contributed by atoms with Crippen LogP contribution in [0.4, 0.5) is 5.82 Å². The molecular weight excluding hydrogens is 352 g/mol. The lowest BCUT2D eigenvalue weighted by molar-refractivity contribution is -0.119. The van der Waals surface area contributed by atoms with E-state index in [4.69, 9.17) is 9.78 Å². The average Bonchev–Trinajstić information content (AvgIpc) is 3.04. The molecule has 0 fully saturated rings. The highest BCUT2D eigenvalue weighted by Gasteiger charge is 2.17. The van der Waals surface area contributed by atoms with Gasteiger partial charge in [0.1, 0.15) is 5.76 Å². The molecule has 2 N–H and O–H groups in total. The second-order valence-electron chi connectivity index (χ2n) is 5.79. The highest BCUT2D eigenvalue weighted by molar-refractivity contribution is 8.01. The molecule has 0 bridgehead atoms. The van der Waals surface area contributed by atoms with Crippen molar-refractivity contribution >= 4 is 29.4 Å². The zero-order valence-electron chi connectivity index (χ0n) is 14.8. The fourth-order valence-electron chi connectivity index (χ4n) is 2.14. The van der Waals surface area contributed by atoms with Gasteiger partial charge in [-0.1, -0.05) is 17.3 Å². The van der Waals surface area contributed by atoms with Crippen molar-refractivity contribution in [3.05, 3.63) is 47.2 Å². The Balaban J connectivity index is 1.77. The van der Waals surface area contributed by atoms with Crippen LogP contribution in [0, 0.1) is 18.3 Å². The number of carbonyl (C=O) groups excluding carboxylic acids is 2. The molecule has 0 saturated carbocycles. The number of carbonyl (C=O) groups is 2. The first-order valence-corrected chi connectivity index (χ1v) is 9.09. The molecule has 0 aliphatic rings. The van der Waals surface area contributed by atoms with Gasteiger partial charge in [-0.05, 0) is 38.5 Å². The van der Waals surface area contributed by atoms with Crippen molar-refractivity contribution < 1.29 is 14.1 Å². The predicted octanol–water partition coefficient (Wildman–Crippen LogP) is 2.79. The topological polar surface area (TPSA) is 108 Å². The molecule has 0 radical (unpaired) electrons. The summed E-state index contributed by atoms with van der Waals surface area (Å²) in [7, 11) is 0. The molecule has 136 valence electrons. The van der Waals surface area contributed by atoms with E-state index in [1.165, 1.54) is 11.8 Å². The first-order chi connectivity index (χ1) is 12.4. The quantitative estimate of drug-likeness (QED) is 0.774. The molecule has 1 aromatic carbocycles. The fourth-order valence-corrected chi connectivity index (χ4v) is 2.84. The number of hydrogen-bond donors (Lipinski definition) is 2. The number of aryl methyl sites for hydroxylation is 1. The number of thioether (sulfide) groups is 1. The smallest absolute Gasteiger partial charge is 0.238 e. The van der Waals surface area contributed by atoms with Gasteiger partial charge >= 0.3 is 0 Å². The Kier molecular flexibility index (Phi) is 6.81. The van der Waals surface area contributed by atoms with Crippen molar-refractivity contribution in [2.45, 2.75) is 32.1 Å². The molecule has 2 atom stereocenters. The zero-order chi connectivity index (χ0) is 19.1. The minimum Gasteiger partial charge on any atom is -0.360 e. The SMILES string of the molecule is Cc1cc(NC(=O)C(C)SCC(=O)NC(C)c2ccc(C#N)cc2)no1. The third-order valence-corrected chi connectivity index (χ3v) is 4.77. The molecule has 2 amide bonds. The van der Waals surface area contributed by atoms with Gasteiger partial charge in [-0.2, -0.15) is 5.26 Å². The summed E-state index contributed by atoms with van der Waals surface area (Å²) in [5.41, 5.74) is 1.49. The molecule has 2 rings (SSSR count). The van der Waals surface area contributed by atoms with E-state index in [1.54, 1.807) is 32.0 Å². The van der Waals surface area contributed by atoms with Crippen LogP contribution < -0.4 is 10.6 Å². The van der Waals surface area contributed by atoms with Gasteiger partial charge in [-0.25, -0.2) is 0 Å². The first kappa shape index (κ1) is 19.5. The van der Waals surface area contributed by atoms with Gasteiger partial charge in [0, 0.05) is 6.07 Å². The molecule has 2 unspecified atom stereocenters. The number of nitrogens with zero attached hydrogens (tertiary/aromatic N) is 2. The molecular formula is C18H20N4O3S. The van der Waals surface area contributed by atoms with Crippen LogP contribution in [0.15, 0.2) is 34.9 Å². The Morgan fingerprint density at radius 2 is 2.00 bits per heavy atom. The summed E-state index contributed by atoms with van der Waals surface area (Å²) < 4.78 is 4.89. The Labute approximate surface area is 156 Å². The summed E-state index contributed by atoms with van der Waals surface area (Å²) in [6, 6.07) is 10.6. The van der Waals surface area contributed by atoms with E-state index in [-0.39, 0.29) is 23.6 Å². The van der Waals surface area contributed by atoms with Gasteiger partial charge in [0.05, 0.1) is 28.7 Å². The highest BCUT2D eigenvalue weighted by Crippen LogP contribution is 2.16. The number of benzene rings is 1. The average molecular weight is 372 g/mol. The molecule has 7 nitrogen and oxygen atoms in total. The van der Waals surface area contributed by atoms with Crippen LogP contribution in [0.1, 0.15) is 36.8 Å². The van der Waals surface area contributed by atoms with Crippen LogP contribution in [0.25, 0.3) is 0 Å². The second-order valence-corrected chi connectivity index (χ2v) is 7.12. The maximum absolute atomic E-state index is 12.1. The lowest BCUT2D eigenvalue weighted by Gasteiger charge is -2.15. The molecule has 1 aromatic heterocycles. The highest BCUT2D eigenvalue weighted by atomic mass is 32.2. The van der Waals surface area contributed by atoms with Crippen LogP contribution >= 0.6 is 11.8 Å². The van der Waals surface area contributed by atoms with E-state index in [0.29, 0.717) is 17.1 Å². The summed E-state index contributed by atoms with van der Waals surface area (Å²) in [5, 5.41) is 17.6. The monoisotopic (exact) mass is 372 g/mol. The van der Waals surface area contributed by atoms with Gasteiger partial charge in [-0.15, -0.1) is 11.8 Å². The predicted molar refractivity (Wildman–Crippen MR) is 99.5 cm³/mol. The summed E-state index contributed by atoms with van der Waals surface area (Å²) in [4.78, 5) is 24.2. The number of anilines is 1. The van der Waals surface area contributed by atoms with Gasteiger partial charge in [0.2, 0.25) is 11.8 Å². The van der Waals surface area contributed by atoms with E-state index in [2.05, 4.69) is 21.9 Å². The maximum Gasteiger partial charge on any atom is 0.238 e. The largest absolute Gasteiger partial charge is 0.360 e. The van der Waals surface area contributed by atoms with E-state index >= 15 is 0 Å². The summed E-state index contributed by atoms with van der Waals surface area (Å²) in [6.07, 6.45) is 0. The van der Waals surface area contributed by atoms with E-state index in [1.807, 2.05) is 19.1 Å². The van der Waals surface area contributed by atoms with Crippen molar-refractivity contribution in [2.75, 3.05) is 11.1 Å². The van der Waals surface area contributed by atoms with Crippen molar-refractivity contribution in [1.29, 1.82) is 5.26 Å². The maximum atomic E-state index is 12.1. The van der Waals surface area contributed by atoms with Crippen molar-refractivity contribution in [3.63, 3.8) is 0 Å². The minimum atomic E-state index is -0.414. The normalized spacial score (nSPS) is 12.7. The Bertz CT molecular complexity index is 811. The van der Waals surface area contributed by atoms with Gasteiger partial charge in [0.15, 0.2) is 5.82 Å². The van der Waals surface area contributed by atoms with Crippen LogP contribution in [0.3, 0.4) is 0 Å². The van der Waals surface area contributed by atoms with Gasteiger partial charge in [-0.3, -0.25) is 9.59 Å². The van der Waals surface area contributed by atoms with Crippen molar-refractivity contribution in [1.82, 2.24) is 10.5 Å². The van der Waals surface area contributed by atoms with Crippen LogP contribution in [0.2, 0.25) is 0 Å². The lowest BCUT2D eigenvalue weighted by atomic mass is 10.1. The van der Waals surface area contributed by atoms with E-state index in [9.17, 15) is 9.59 Å². The van der Waals surface area contributed by atoms with E-state index < -0.39 is 5.25 Å². The number of hydrogen-bond acceptors (Lipinski definition) is 6. The van der Waals surface area contributed by atoms with Crippen LogP contribution in [-0.4, -0.2) is 28.0 Å². The molecule has 0 aliphatic carbocycles. The molecule has 26 heavy (non-hydrogen) atoms. The molecule has 1 heterocycles. The Morgan fingerprint density at radius 1 is 1.31 bits per heavy atom. The number of aromatic nitrogens is 1. The molecule has 0 spiro atoms. The number of nitriles is 1. The Hall–Kier alpha value is -2.79. The second kappa shape index (κ2) is 9.06. The summed E-state index contributed by atoms with van der Waals surface area (Å²) in [5.74, 6) is 0.725. The first-order valence-electron chi connectivity index (χ1n) is 8.04. The number of amides is 2. The molecule has 8 heteroatoms. The zero-order valence-corrected chi connectivity index (χ0v) is 15.6. The molecule has 0 saturated heterocycles. The third-order valence-electron chi connectivity index (χ3n) is 3.63. The summed E-state index contributed by atoms with van der Waals surface area (Å²) in [6.45, 7) is 5.33. The molecule has 2 aromatic rings.